The van der Waals surface area contributed by atoms with Crippen molar-refractivity contribution in [2.24, 2.45) is 11.8 Å². The number of aliphatic hydroxyl groups is 1. The summed E-state index contributed by atoms with van der Waals surface area (Å²) in [6, 6.07) is 0. The Balaban J connectivity index is 3.39. The Morgan fingerprint density at radius 2 is 2.00 bits per heavy atom. The zero-order valence-electron chi connectivity index (χ0n) is 9.95. The van der Waals surface area contributed by atoms with Crippen LogP contribution in [0.1, 0.15) is 27.2 Å². The zero-order chi connectivity index (χ0) is 11.7. The maximum absolute atomic E-state index is 11.5. The average Bonchev–Trinajstić information content (AvgIpc) is 2.21. The van der Waals surface area contributed by atoms with Crippen LogP contribution in [0.5, 0.6) is 0 Å². The van der Waals surface area contributed by atoms with Gasteiger partial charge in [-0.15, -0.1) is 0 Å². The number of carbonyl (C=O) groups excluding carboxylic acids is 1. The van der Waals surface area contributed by atoms with Crippen molar-refractivity contribution < 1.29 is 14.6 Å². The maximum Gasteiger partial charge on any atom is 0.223 e. The van der Waals surface area contributed by atoms with Crippen LogP contribution in [-0.2, 0) is 9.53 Å². The fourth-order valence-corrected chi connectivity index (χ4v) is 1.02. The standard InChI is InChI=1S/C11H23NO3/c1-9(2)10(3)11(14)12-5-4-7-15-8-6-13/h9-10,13H,4-8H2,1-3H3,(H,12,14). The molecule has 90 valence electrons. The predicted molar refractivity (Wildman–Crippen MR) is 59.5 cm³/mol. The third kappa shape index (κ3) is 7.33. The van der Waals surface area contributed by atoms with Crippen molar-refractivity contribution in [3.8, 4) is 0 Å². The van der Waals surface area contributed by atoms with E-state index in [-0.39, 0.29) is 18.4 Å². The quantitative estimate of drug-likeness (QED) is 0.591. The van der Waals surface area contributed by atoms with E-state index in [0.717, 1.165) is 6.42 Å². The molecular weight excluding hydrogens is 194 g/mol. The van der Waals surface area contributed by atoms with E-state index in [4.69, 9.17) is 9.84 Å². The number of amides is 1. The van der Waals surface area contributed by atoms with Crippen LogP contribution in [0.3, 0.4) is 0 Å². The molecule has 0 aliphatic rings. The van der Waals surface area contributed by atoms with Crippen molar-refractivity contribution in [3.05, 3.63) is 0 Å². The van der Waals surface area contributed by atoms with Gasteiger partial charge in [0.05, 0.1) is 13.2 Å². The van der Waals surface area contributed by atoms with E-state index >= 15 is 0 Å². The summed E-state index contributed by atoms with van der Waals surface area (Å²) in [6.07, 6.45) is 0.788. The molecule has 0 bridgehead atoms. The van der Waals surface area contributed by atoms with Crippen LogP contribution >= 0.6 is 0 Å². The van der Waals surface area contributed by atoms with Gasteiger partial charge in [-0.05, 0) is 12.3 Å². The number of ether oxygens (including phenoxy) is 1. The highest BCUT2D eigenvalue weighted by molar-refractivity contribution is 5.78. The summed E-state index contributed by atoms with van der Waals surface area (Å²) in [5, 5.41) is 11.3. The number of aliphatic hydroxyl groups excluding tert-OH is 1. The third-order valence-electron chi connectivity index (χ3n) is 2.41. The molecule has 1 amide bonds. The minimum absolute atomic E-state index is 0.0523. The zero-order valence-corrected chi connectivity index (χ0v) is 9.95. The maximum atomic E-state index is 11.5. The smallest absolute Gasteiger partial charge is 0.223 e. The lowest BCUT2D eigenvalue weighted by molar-refractivity contribution is -0.125. The monoisotopic (exact) mass is 217 g/mol. The minimum atomic E-state index is 0.0523. The molecule has 0 aliphatic carbocycles. The highest BCUT2D eigenvalue weighted by Gasteiger charge is 2.15. The van der Waals surface area contributed by atoms with Gasteiger partial charge in [-0.1, -0.05) is 20.8 Å². The molecule has 0 aromatic heterocycles. The van der Waals surface area contributed by atoms with Crippen LogP contribution in [0.4, 0.5) is 0 Å². The summed E-state index contributed by atoms with van der Waals surface area (Å²) in [6.45, 7) is 7.65. The molecule has 4 heteroatoms. The van der Waals surface area contributed by atoms with E-state index in [1.165, 1.54) is 0 Å². The van der Waals surface area contributed by atoms with Crippen molar-refractivity contribution in [3.63, 3.8) is 0 Å². The van der Waals surface area contributed by atoms with Crippen LogP contribution in [-0.4, -0.2) is 37.4 Å². The lowest BCUT2D eigenvalue weighted by Crippen LogP contribution is -2.32. The first kappa shape index (κ1) is 14.4. The largest absolute Gasteiger partial charge is 0.394 e. The first-order valence-corrected chi connectivity index (χ1v) is 5.56. The molecule has 0 aromatic rings. The number of carbonyl (C=O) groups is 1. The SMILES string of the molecule is CC(C)C(C)C(=O)NCCCOCCO. The van der Waals surface area contributed by atoms with Gasteiger partial charge in [0.25, 0.3) is 0 Å². The van der Waals surface area contributed by atoms with Crippen molar-refractivity contribution in [2.75, 3.05) is 26.4 Å². The van der Waals surface area contributed by atoms with E-state index < -0.39 is 0 Å². The predicted octanol–water partition coefficient (Wildman–Crippen LogP) is 0.794. The normalized spacial score (nSPS) is 12.9. The summed E-state index contributed by atoms with van der Waals surface area (Å²) >= 11 is 0. The fraction of sp³-hybridized carbons (Fsp3) is 0.909. The molecule has 0 saturated heterocycles. The van der Waals surface area contributed by atoms with Crippen molar-refractivity contribution in [2.45, 2.75) is 27.2 Å². The van der Waals surface area contributed by atoms with Crippen LogP contribution in [0.25, 0.3) is 0 Å². The minimum Gasteiger partial charge on any atom is -0.394 e. The number of nitrogens with one attached hydrogen (secondary N) is 1. The molecule has 15 heavy (non-hydrogen) atoms. The number of hydrogen-bond donors (Lipinski definition) is 2. The van der Waals surface area contributed by atoms with Gasteiger partial charge in [0.15, 0.2) is 0 Å². The van der Waals surface area contributed by atoms with Gasteiger partial charge in [0.2, 0.25) is 5.91 Å². The van der Waals surface area contributed by atoms with Gasteiger partial charge in [-0.2, -0.15) is 0 Å². The van der Waals surface area contributed by atoms with E-state index in [9.17, 15) is 4.79 Å². The second-order valence-corrected chi connectivity index (χ2v) is 4.01. The Morgan fingerprint density at radius 1 is 1.33 bits per heavy atom. The molecule has 0 aromatic carbocycles. The van der Waals surface area contributed by atoms with E-state index in [2.05, 4.69) is 5.32 Å². The molecule has 0 aliphatic heterocycles. The summed E-state index contributed by atoms with van der Waals surface area (Å²) in [5.74, 6) is 0.533. The van der Waals surface area contributed by atoms with Gasteiger partial charge in [0.1, 0.15) is 0 Å². The molecule has 0 heterocycles. The number of hydrogen-bond acceptors (Lipinski definition) is 3. The van der Waals surface area contributed by atoms with Crippen LogP contribution in [0.15, 0.2) is 0 Å². The lowest BCUT2D eigenvalue weighted by atomic mass is 9.97. The summed E-state index contributed by atoms with van der Waals surface area (Å²) in [5.41, 5.74) is 0. The Kier molecular flexibility index (Phi) is 8.33. The summed E-state index contributed by atoms with van der Waals surface area (Å²) in [7, 11) is 0. The number of rotatable bonds is 8. The Morgan fingerprint density at radius 3 is 2.53 bits per heavy atom. The fourth-order valence-electron chi connectivity index (χ4n) is 1.02. The van der Waals surface area contributed by atoms with Crippen LogP contribution in [0.2, 0.25) is 0 Å². The van der Waals surface area contributed by atoms with E-state index in [1.54, 1.807) is 0 Å². The summed E-state index contributed by atoms with van der Waals surface area (Å²) < 4.78 is 5.07. The average molecular weight is 217 g/mol. The van der Waals surface area contributed by atoms with E-state index in [1.807, 2.05) is 20.8 Å². The van der Waals surface area contributed by atoms with Crippen molar-refractivity contribution in [1.29, 1.82) is 0 Å². The molecule has 0 saturated carbocycles. The molecule has 2 N–H and O–H groups in total. The molecule has 4 nitrogen and oxygen atoms in total. The van der Waals surface area contributed by atoms with Gasteiger partial charge in [-0.25, -0.2) is 0 Å². The van der Waals surface area contributed by atoms with Crippen LogP contribution in [0, 0.1) is 11.8 Å². The van der Waals surface area contributed by atoms with E-state index in [0.29, 0.717) is 25.7 Å². The van der Waals surface area contributed by atoms with Gasteiger partial charge in [0, 0.05) is 19.1 Å². The molecule has 0 spiro atoms. The first-order valence-electron chi connectivity index (χ1n) is 5.56. The van der Waals surface area contributed by atoms with Crippen molar-refractivity contribution >= 4 is 5.91 Å². The molecule has 0 radical (unpaired) electrons. The highest BCUT2D eigenvalue weighted by atomic mass is 16.5. The lowest BCUT2D eigenvalue weighted by Gasteiger charge is -2.15. The Bertz CT molecular complexity index is 171. The first-order chi connectivity index (χ1) is 7.09. The second-order valence-electron chi connectivity index (χ2n) is 4.01. The second kappa shape index (κ2) is 8.68. The molecule has 0 rings (SSSR count). The molecule has 1 unspecified atom stereocenters. The topological polar surface area (TPSA) is 58.6 Å². The Labute approximate surface area is 92.0 Å². The third-order valence-corrected chi connectivity index (χ3v) is 2.41. The van der Waals surface area contributed by atoms with Gasteiger partial charge < -0.3 is 15.2 Å². The Hall–Kier alpha value is -0.610. The van der Waals surface area contributed by atoms with Gasteiger partial charge >= 0.3 is 0 Å². The molecule has 0 fully saturated rings. The van der Waals surface area contributed by atoms with Crippen LogP contribution < -0.4 is 5.32 Å². The van der Waals surface area contributed by atoms with Gasteiger partial charge in [-0.3, -0.25) is 4.79 Å². The molecule has 1 atom stereocenters. The highest BCUT2D eigenvalue weighted by Crippen LogP contribution is 2.08. The molecular formula is C11H23NO3. The summed E-state index contributed by atoms with van der Waals surface area (Å²) in [4.78, 5) is 11.5. The van der Waals surface area contributed by atoms with Crippen molar-refractivity contribution in [1.82, 2.24) is 5.32 Å².